The summed E-state index contributed by atoms with van der Waals surface area (Å²) in [6, 6.07) is 27.9. The molecule has 0 unspecified atom stereocenters. The third kappa shape index (κ3) is 7.14. The summed E-state index contributed by atoms with van der Waals surface area (Å²) in [5, 5.41) is 14.1. The molecule has 0 aliphatic heterocycles. The third-order valence-electron chi connectivity index (χ3n) is 11.4. The molecular formula is C40H50NO3PS4. The third-order valence-corrected chi connectivity index (χ3v) is 13.8. The molecule has 0 spiro atoms. The minimum absolute atomic E-state index is 0. The van der Waals surface area contributed by atoms with E-state index in [-0.39, 0.29) is 71.6 Å². The van der Waals surface area contributed by atoms with Gasteiger partial charge in [0.1, 0.15) is 5.60 Å². The van der Waals surface area contributed by atoms with Crippen LogP contribution in [0.15, 0.2) is 108 Å². The average Bonchev–Trinajstić information content (AvgIpc) is 3.33. The summed E-state index contributed by atoms with van der Waals surface area (Å²) in [5.74, 6) is 4.32. The van der Waals surface area contributed by atoms with Gasteiger partial charge in [-0.1, -0.05) is 91.2 Å². The summed E-state index contributed by atoms with van der Waals surface area (Å²) in [7, 11) is 0.798. The molecule has 7 rings (SSSR count). The molecule has 3 aromatic carbocycles. The summed E-state index contributed by atoms with van der Waals surface area (Å²) in [5.41, 5.74) is 8.04. The normalized spacial score (nSPS) is 26.7. The van der Waals surface area contributed by atoms with Crippen LogP contribution in [-0.4, -0.2) is 30.6 Å². The minimum Gasteiger partial charge on any atom is -0.378 e. The monoisotopic (exact) mass is 751 g/mol. The Labute approximate surface area is 320 Å². The van der Waals surface area contributed by atoms with Crippen molar-refractivity contribution in [3.63, 3.8) is 0 Å². The van der Waals surface area contributed by atoms with Gasteiger partial charge in [-0.2, -0.15) is 54.0 Å². The largest absolute Gasteiger partial charge is 0.378 e. The lowest BCUT2D eigenvalue weighted by Gasteiger charge is -2.53. The van der Waals surface area contributed by atoms with Gasteiger partial charge in [-0.3, -0.25) is 9.36 Å². The first-order valence-corrected chi connectivity index (χ1v) is 18.1. The molecule has 4 nitrogen and oxygen atoms in total. The first kappa shape index (κ1) is 41.2. The number of ketones is 1. The minimum atomic E-state index is -3.31. The molecule has 4 aliphatic rings. The second kappa shape index (κ2) is 16.0. The zero-order valence-electron chi connectivity index (χ0n) is 28.5. The Morgan fingerprint density at radius 2 is 1.41 bits per heavy atom. The Morgan fingerprint density at radius 3 is 1.98 bits per heavy atom. The molecule has 3 aromatic rings. The smallest absolute Gasteiger partial charge is 0.210 e. The van der Waals surface area contributed by atoms with Gasteiger partial charge in [-0.15, -0.1) is 0 Å². The number of aliphatic hydroxyl groups is 1. The second-order valence-corrected chi connectivity index (χ2v) is 16.4. The molecule has 2 saturated carbocycles. The van der Waals surface area contributed by atoms with Crippen molar-refractivity contribution in [2.75, 3.05) is 19.0 Å². The molecule has 262 valence electrons. The highest BCUT2D eigenvalue weighted by molar-refractivity contribution is 7.83. The van der Waals surface area contributed by atoms with Crippen molar-refractivity contribution in [2.45, 2.75) is 63.4 Å². The number of anilines is 1. The maximum absolute atomic E-state index is 14.8. The highest BCUT2D eigenvalue weighted by atomic mass is 32.1. The van der Waals surface area contributed by atoms with E-state index >= 15 is 0 Å². The maximum atomic E-state index is 14.8. The van der Waals surface area contributed by atoms with Crippen LogP contribution in [0.25, 0.3) is 0 Å². The van der Waals surface area contributed by atoms with Crippen LogP contribution < -0.4 is 15.5 Å². The van der Waals surface area contributed by atoms with E-state index in [1.165, 1.54) is 22.3 Å². The van der Waals surface area contributed by atoms with Crippen LogP contribution in [0.5, 0.6) is 0 Å². The molecular weight excluding hydrogens is 702 g/mol. The van der Waals surface area contributed by atoms with Crippen LogP contribution in [-0.2, 0) is 9.36 Å². The molecule has 0 radical (unpaired) electrons. The van der Waals surface area contributed by atoms with Crippen LogP contribution in [0.1, 0.15) is 63.4 Å². The van der Waals surface area contributed by atoms with Gasteiger partial charge in [-0.25, -0.2) is 0 Å². The predicted octanol–water partition coefficient (Wildman–Crippen LogP) is 7.81. The van der Waals surface area contributed by atoms with Crippen molar-refractivity contribution >= 4 is 83.2 Å². The standard InChI is InChI=1S/C40H42NO3P.4H2S/c1-39-27-36(28-14-17-30(18-15-28)41(2)3)38-34-21-19-31(42)26-29(34)16-20-35(38)37(39)22-23-40(39,43)24-25-45(44,32-10-6-4-7-11-32)33-12-8-5-9-13-33;;;;/h4-15,17-18,26,35-37,43H,16,19-23,27H2,1-3H3;4*1H2/t35-,36+,37-,39-,40+;;;;/m0..../s1. The predicted molar refractivity (Wildman–Crippen MR) is 225 cm³/mol. The number of hydrogen-bond acceptors (Lipinski definition) is 4. The van der Waals surface area contributed by atoms with Crippen LogP contribution in [0.2, 0.25) is 0 Å². The first-order chi connectivity index (χ1) is 21.6. The van der Waals surface area contributed by atoms with Gasteiger partial charge in [0.25, 0.3) is 0 Å². The molecule has 0 aromatic heterocycles. The second-order valence-electron chi connectivity index (χ2n) is 13.9. The quantitative estimate of drug-likeness (QED) is 0.219. The summed E-state index contributed by atoms with van der Waals surface area (Å²) in [4.78, 5) is 14.5. The van der Waals surface area contributed by atoms with E-state index in [1.54, 1.807) is 0 Å². The highest BCUT2D eigenvalue weighted by Gasteiger charge is 2.62. The fraction of sp³-hybridized carbons (Fsp3) is 0.375. The Kier molecular flexibility index (Phi) is 13.4. The number of benzene rings is 3. The van der Waals surface area contributed by atoms with Gasteiger partial charge < -0.3 is 10.0 Å². The zero-order valence-corrected chi connectivity index (χ0v) is 33.4. The van der Waals surface area contributed by atoms with Crippen molar-refractivity contribution in [3.05, 3.63) is 113 Å². The Hall–Kier alpha value is -2.24. The van der Waals surface area contributed by atoms with E-state index in [4.69, 9.17) is 0 Å². The zero-order chi connectivity index (χ0) is 31.4. The topological polar surface area (TPSA) is 57.6 Å². The van der Waals surface area contributed by atoms with Crippen LogP contribution in [0.3, 0.4) is 0 Å². The van der Waals surface area contributed by atoms with Gasteiger partial charge in [0.2, 0.25) is 7.14 Å². The van der Waals surface area contributed by atoms with Gasteiger partial charge in [0.05, 0.1) is 0 Å². The van der Waals surface area contributed by atoms with E-state index in [0.29, 0.717) is 29.4 Å². The highest BCUT2D eigenvalue weighted by Crippen LogP contribution is 2.67. The van der Waals surface area contributed by atoms with Crippen LogP contribution >= 0.6 is 61.1 Å². The van der Waals surface area contributed by atoms with Gasteiger partial charge in [0.15, 0.2) is 5.78 Å². The van der Waals surface area contributed by atoms with Gasteiger partial charge in [-0.05, 0) is 90.9 Å². The van der Waals surface area contributed by atoms with Gasteiger partial charge in [0, 0.05) is 48.1 Å². The van der Waals surface area contributed by atoms with E-state index < -0.39 is 18.2 Å². The summed E-state index contributed by atoms with van der Waals surface area (Å²) >= 11 is 0. The van der Waals surface area contributed by atoms with Crippen molar-refractivity contribution in [1.29, 1.82) is 0 Å². The molecule has 0 heterocycles. The van der Waals surface area contributed by atoms with Crippen LogP contribution in [0, 0.1) is 28.8 Å². The summed E-state index contributed by atoms with van der Waals surface area (Å²) in [6.07, 6.45) is 7.41. The summed E-state index contributed by atoms with van der Waals surface area (Å²) in [6.45, 7) is 2.24. The lowest BCUT2D eigenvalue weighted by molar-refractivity contribution is -0.114. The molecule has 0 amide bonds. The molecule has 4 aliphatic carbocycles. The lowest BCUT2D eigenvalue weighted by atomic mass is 9.51. The van der Waals surface area contributed by atoms with E-state index in [0.717, 1.165) is 37.8 Å². The van der Waals surface area contributed by atoms with Crippen molar-refractivity contribution < 1.29 is 14.5 Å². The average molecular weight is 752 g/mol. The van der Waals surface area contributed by atoms with E-state index in [1.807, 2.05) is 66.7 Å². The number of carbonyl (C=O) groups is 1. The first-order valence-electron chi connectivity index (χ1n) is 16.3. The number of fused-ring (bicyclic) bond motifs is 4. The number of rotatable bonds is 4. The molecule has 9 heteroatoms. The number of carbonyl (C=O) groups excluding carboxylic acids is 1. The Morgan fingerprint density at radius 1 is 0.816 bits per heavy atom. The van der Waals surface area contributed by atoms with Gasteiger partial charge >= 0.3 is 0 Å². The molecule has 5 atom stereocenters. The fourth-order valence-corrected chi connectivity index (χ4v) is 11.0. The van der Waals surface area contributed by atoms with Crippen LogP contribution in [0.4, 0.5) is 5.69 Å². The van der Waals surface area contributed by atoms with E-state index in [2.05, 4.69) is 61.8 Å². The molecule has 0 bridgehead atoms. The fourth-order valence-electron chi connectivity index (χ4n) is 8.90. The Bertz CT molecular complexity index is 1770. The Balaban J connectivity index is 0.00000163. The SMILES string of the molecule is CN(C)c1ccc([C@H]2C[C@@]3(C)[C@@H](CC[C@@]3(O)C#CP(=O)(c3ccccc3)c3ccccc3)[C@@H]3CCC4=CC(=O)CCC4=C32)cc1.S.S.S.S. The number of allylic oxidation sites excluding steroid dienone is 4. The lowest BCUT2D eigenvalue weighted by Crippen LogP contribution is -2.51. The number of hydrogen-bond donors (Lipinski definition) is 1. The molecule has 0 saturated heterocycles. The summed E-state index contributed by atoms with van der Waals surface area (Å²) < 4.78 is 14.8. The molecule has 1 N–H and O–H groups in total. The van der Waals surface area contributed by atoms with E-state index in [9.17, 15) is 14.5 Å². The number of nitrogens with zero attached hydrogens (tertiary/aromatic N) is 1. The van der Waals surface area contributed by atoms with Crippen molar-refractivity contribution in [3.8, 4) is 11.6 Å². The molecule has 49 heavy (non-hydrogen) atoms. The molecule has 2 fully saturated rings. The van der Waals surface area contributed by atoms with Crippen molar-refractivity contribution in [1.82, 2.24) is 0 Å². The maximum Gasteiger partial charge on any atom is 0.210 e. The van der Waals surface area contributed by atoms with Crippen molar-refractivity contribution in [2.24, 2.45) is 17.3 Å².